The fourth-order valence-corrected chi connectivity index (χ4v) is 2.26. The number of likely N-dealkylation sites (tertiary alicyclic amines) is 1. The molecule has 1 aromatic rings. The molecule has 1 aliphatic rings. The van der Waals surface area contributed by atoms with E-state index < -0.39 is 0 Å². The quantitative estimate of drug-likeness (QED) is 0.802. The molecule has 17 heavy (non-hydrogen) atoms. The number of hydrogen-bond acceptors (Lipinski definition) is 2. The van der Waals surface area contributed by atoms with Gasteiger partial charge >= 0.3 is 0 Å². The zero-order valence-electron chi connectivity index (χ0n) is 10.5. The van der Waals surface area contributed by atoms with Crippen LogP contribution in [0.1, 0.15) is 31.2 Å². The number of ether oxygens (including phenoxy) is 1. The molecule has 3 nitrogen and oxygen atoms in total. The first-order valence-corrected chi connectivity index (χ1v) is 6.15. The molecule has 0 radical (unpaired) electrons. The summed E-state index contributed by atoms with van der Waals surface area (Å²) in [5, 5.41) is 0. The average Bonchev–Trinajstić information content (AvgIpc) is 2.91. The Morgan fingerprint density at radius 2 is 2.06 bits per heavy atom. The van der Waals surface area contributed by atoms with E-state index in [4.69, 9.17) is 4.74 Å². The Kier molecular flexibility index (Phi) is 3.67. The lowest BCUT2D eigenvalue weighted by Gasteiger charge is -2.20. The molecule has 92 valence electrons. The highest BCUT2D eigenvalue weighted by atomic mass is 16.5. The van der Waals surface area contributed by atoms with Gasteiger partial charge in [0.25, 0.3) is 0 Å². The van der Waals surface area contributed by atoms with E-state index in [1.807, 2.05) is 36.1 Å². The number of methoxy groups -OCH3 is 1. The molecule has 0 aliphatic carbocycles. The van der Waals surface area contributed by atoms with Crippen LogP contribution in [0.3, 0.4) is 0 Å². The Morgan fingerprint density at radius 1 is 1.35 bits per heavy atom. The largest absolute Gasteiger partial charge is 0.497 e. The van der Waals surface area contributed by atoms with E-state index in [0.717, 1.165) is 37.2 Å². The Bertz CT molecular complexity index is 397. The summed E-state index contributed by atoms with van der Waals surface area (Å²) in [5.41, 5.74) is 1.03. The summed E-state index contributed by atoms with van der Waals surface area (Å²) in [5.74, 6) is 0.961. The van der Waals surface area contributed by atoms with Crippen molar-refractivity contribution in [1.82, 2.24) is 4.90 Å². The van der Waals surface area contributed by atoms with E-state index >= 15 is 0 Å². The van der Waals surface area contributed by atoms with Crippen molar-refractivity contribution in [2.75, 3.05) is 20.2 Å². The fourth-order valence-electron chi connectivity index (χ4n) is 2.26. The van der Waals surface area contributed by atoms with Crippen molar-refractivity contribution in [2.24, 2.45) is 0 Å². The van der Waals surface area contributed by atoms with E-state index in [2.05, 4.69) is 0 Å². The molecular weight excluding hydrogens is 214 g/mol. The van der Waals surface area contributed by atoms with Gasteiger partial charge in [-0.2, -0.15) is 0 Å². The highest BCUT2D eigenvalue weighted by molar-refractivity contribution is 5.83. The van der Waals surface area contributed by atoms with Crippen molar-refractivity contribution in [3.8, 4) is 5.75 Å². The van der Waals surface area contributed by atoms with Crippen LogP contribution in [0.2, 0.25) is 0 Å². The van der Waals surface area contributed by atoms with Gasteiger partial charge in [0, 0.05) is 13.1 Å². The van der Waals surface area contributed by atoms with E-state index in [1.165, 1.54) is 0 Å². The van der Waals surface area contributed by atoms with Gasteiger partial charge in [-0.1, -0.05) is 12.1 Å². The van der Waals surface area contributed by atoms with E-state index in [-0.39, 0.29) is 11.8 Å². The van der Waals surface area contributed by atoms with Gasteiger partial charge in [0.05, 0.1) is 13.0 Å². The molecule has 1 saturated heterocycles. The minimum atomic E-state index is -0.0804. The van der Waals surface area contributed by atoms with Crippen molar-refractivity contribution in [3.05, 3.63) is 29.8 Å². The zero-order chi connectivity index (χ0) is 12.3. The first-order valence-electron chi connectivity index (χ1n) is 6.15. The molecule has 0 N–H and O–H groups in total. The molecule has 1 fully saturated rings. The maximum Gasteiger partial charge on any atom is 0.229 e. The molecule has 1 aromatic carbocycles. The van der Waals surface area contributed by atoms with Gasteiger partial charge in [0.2, 0.25) is 5.91 Å². The second-order valence-electron chi connectivity index (χ2n) is 4.53. The third kappa shape index (κ3) is 2.60. The van der Waals surface area contributed by atoms with Crippen LogP contribution in [0.15, 0.2) is 24.3 Å². The predicted molar refractivity (Wildman–Crippen MR) is 67.2 cm³/mol. The molecule has 1 aliphatic heterocycles. The van der Waals surface area contributed by atoms with Crippen LogP contribution < -0.4 is 4.74 Å². The van der Waals surface area contributed by atoms with E-state index in [1.54, 1.807) is 7.11 Å². The maximum atomic E-state index is 12.2. The van der Waals surface area contributed by atoms with Gasteiger partial charge in [0.1, 0.15) is 5.75 Å². The minimum absolute atomic E-state index is 0.0804. The van der Waals surface area contributed by atoms with Crippen LogP contribution >= 0.6 is 0 Å². The van der Waals surface area contributed by atoms with Gasteiger partial charge in [-0.15, -0.1) is 0 Å². The SMILES string of the molecule is COc1cccc([C@@H](C)C(=O)N2CCCC2)c1. The number of rotatable bonds is 3. The van der Waals surface area contributed by atoms with E-state index in [0.29, 0.717) is 0 Å². The number of carbonyl (C=O) groups is 1. The first kappa shape index (κ1) is 12.0. The van der Waals surface area contributed by atoms with Gasteiger partial charge in [0.15, 0.2) is 0 Å². The summed E-state index contributed by atoms with van der Waals surface area (Å²) in [6.45, 7) is 3.79. The molecule has 1 amide bonds. The lowest BCUT2D eigenvalue weighted by molar-refractivity contribution is -0.131. The monoisotopic (exact) mass is 233 g/mol. The molecule has 0 bridgehead atoms. The Hall–Kier alpha value is -1.51. The number of hydrogen-bond donors (Lipinski definition) is 0. The van der Waals surface area contributed by atoms with Crippen LogP contribution in [0.25, 0.3) is 0 Å². The minimum Gasteiger partial charge on any atom is -0.497 e. The number of nitrogens with zero attached hydrogens (tertiary/aromatic N) is 1. The molecule has 0 aromatic heterocycles. The van der Waals surface area contributed by atoms with Crippen LogP contribution in [-0.2, 0) is 4.79 Å². The number of amides is 1. The normalized spacial score (nSPS) is 16.9. The summed E-state index contributed by atoms with van der Waals surface area (Å²) < 4.78 is 5.19. The summed E-state index contributed by atoms with van der Waals surface area (Å²) in [6, 6.07) is 7.76. The molecule has 3 heteroatoms. The summed E-state index contributed by atoms with van der Waals surface area (Å²) in [6.07, 6.45) is 2.27. The molecular formula is C14H19NO2. The van der Waals surface area contributed by atoms with Crippen LogP contribution in [0.4, 0.5) is 0 Å². The van der Waals surface area contributed by atoms with Crippen LogP contribution in [0.5, 0.6) is 5.75 Å². The predicted octanol–water partition coefficient (Wildman–Crippen LogP) is 2.42. The Morgan fingerprint density at radius 3 is 2.71 bits per heavy atom. The fraction of sp³-hybridized carbons (Fsp3) is 0.500. The molecule has 0 spiro atoms. The number of benzene rings is 1. The van der Waals surface area contributed by atoms with Gasteiger partial charge < -0.3 is 9.64 Å². The maximum absolute atomic E-state index is 12.2. The topological polar surface area (TPSA) is 29.5 Å². The summed E-state index contributed by atoms with van der Waals surface area (Å²) in [4.78, 5) is 14.2. The summed E-state index contributed by atoms with van der Waals surface area (Å²) >= 11 is 0. The lowest BCUT2D eigenvalue weighted by Crippen LogP contribution is -2.31. The van der Waals surface area contributed by atoms with Gasteiger partial charge in [-0.05, 0) is 37.5 Å². The van der Waals surface area contributed by atoms with Crippen molar-refractivity contribution in [3.63, 3.8) is 0 Å². The van der Waals surface area contributed by atoms with E-state index in [9.17, 15) is 4.79 Å². The average molecular weight is 233 g/mol. The summed E-state index contributed by atoms with van der Waals surface area (Å²) in [7, 11) is 1.64. The van der Waals surface area contributed by atoms with Gasteiger partial charge in [-0.25, -0.2) is 0 Å². The molecule has 2 rings (SSSR count). The number of carbonyl (C=O) groups excluding carboxylic acids is 1. The van der Waals surface area contributed by atoms with Crippen LogP contribution in [-0.4, -0.2) is 31.0 Å². The van der Waals surface area contributed by atoms with Crippen molar-refractivity contribution in [2.45, 2.75) is 25.7 Å². The highest BCUT2D eigenvalue weighted by Gasteiger charge is 2.24. The molecule has 0 saturated carbocycles. The standard InChI is InChI=1S/C14H19NO2/c1-11(14(16)15-8-3-4-9-15)12-6-5-7-13(10-12)17-2/h5-7,10-11H,3-4,8-9H2,1-2H3/t11-/m1/s1. The zero-order valence-corrected chi connectivity index (χ0v) is 10.5. The Balaban J connectivity index is 2.12. The lowest BCUT2D eigenvalue weighted by atomic mass is 9.99. The molecule has 1 atom stereocenters. The van der Waals surface area contributed by atoms with Gasteiger partial charge in [-0.3, -0.25) is 4.79 Å². The first-order chi connectivity index (χ1) is 8.22. The van der Waals surface area contributed by atoms with Crippen molar-refractivity contribution >= 4 is 5.91 Å². The van der Waals surface area contributed by atoms with Crippen LogP contribution in [0, 0.1) is 0 Å². The second kappa shape index (κ2) is 5.21. The third-order valence-corrected chi connectivity index (χ3v) is 3.38. The smallest absolute Gasteiger partial charge is 0.229 e. The third-order valence-electron chi connectivity index (χ3n) is 3.38. The van der Waals surface area contributed by atoms with Crippen molar-refractivity contribution < 1.29 is 9.53 Å². The molecule has 1 heterocycles. The second-order valence-corrected chi connectivity index (χ2v) is 4.53. The molecule has 0 unspecified atom stereocenters. The Labute approximate surface area is 102 Å². The highest BCUT2D eigenvalue weighted by Crippen LogP contribution is 2.23. The van der Waals surface area contributed by atoms with Crippen molar-refractivity contribution in [1.29, 1.82) is 0 Å².